The molecule has 2 rings (SSSR count). The van der Waals surface area contributed by atoms with Crippen molar-refractivity contribution >= 4 is 12.0 Å². The second-order valence-electron chi connectivity index (χ2n) is 3.45. The molecule has 94 valence electrons. The third-order valence-corrected chi connectivity index (χ3v) is 2.28. The number of aromatic amines is 1. The van der Waals surface area contributed by atoms with Gasteiger partial charge in [0.25, 0.3) is 0 Å². The first-order chi connectivity index (χ1) is 8.79. The number of benzene rings is 1. The zero-order chi connectivity index (χ0) is 12.8. The Morgan fingerprint density at radius 1 is 1.44 bits per heavy atom. The number of hydrogen-bond acceptors (Lipinski definition) is 4. The Balaban J connectivity index is 1.89. The summed E-state index contributed by atoms with van der Waals surface area (Å²) < 4.78 is 5.18. The molecule has 18 heavy (non-hydrogen) atoms. The summed E-state index contributed by atoms with van der Waals surface area (Å²) in [5.41, 5.74) is 0.896. The molecular weight excluding hydrogens is 234 g/mol. The van der Waals surface area contributed by atoms with Crippen LogP contribution in [0, 0.1) is 0 Å². The van der Waals surface area contributed by atoms with E-state index in [9.17, 15) is 4.79 Å². The first kappa shape index (κ1) is 11.9. The SMILES string of the molecule is COc1ccccc1CNC(=O)Nc1ncn[nH]1. The number of amides is 2. The third kappa shape index (κ3) is 2.97. The van der Waals surface area contributed by atoms with Crippen LogP contribution < -0.4 is 15.4 Å². The fourth-order valence-electron chi connectivity index (χ4n) is 1.44. The molecule has 0 radical (unpaired) electrons. The number of H-pyrrole nitrogens is 1. The van der Waals surface area contributed by atoms with Gasteiger partial charge in [-0.05, 0) is 6.07 Å². The van der Waals surface area contributed by atoms with E-state index in [-0.39, 0.29) is 6.03 Å². The van der Waals surface area contributed by atoms with Crippen LogP contribution in [0.2, 0.25) is 0 Å². The van der Waals surface area contributed by atoms with Gasteiger partial charge >= 0.3 is 6.03 Å². The van der Waals surface area contributed by atoms with Gasteiger partial charge in [-0.3, -0.25) is 5.32 Å². The van der Waals surface area contributed by atoms with Gasteiger partial charge in [-0.1, -0.05) is 18.2 Å². The molecule has 1 aromatic heterocycles. The standard InChI is InChI=1S/C11H13N5O2/c1-18-9-5-3-2-4-8(9)6-12-11(17)15-10-13-7-14-16-10/h2-5,7H,6H2,1H3,(H3,12,13,14,15,16,17). The number of aromatic nitrogens is 3. The quantitative estimate of drug-likeness (QED) is 0.755. The highest BCUT2D eigenvalue weighted by Crippen LogP contribution is 2.16. The molecule has 0 aliphatic heterocycles. The molecule has 0 bridgehead atoms. The third-order valence-electron chi connectivity index (χ3n) is 2.28. The number of anilines is 1. The van der Waals surface area contributed by atoms with Gasteiger partial charge in [-0.2, -0.15) is 10.1 Å². The summed E-state index contributed by atoms with van der Waals surface area (Å²) in [4.78, 5) is 15.3. The second-order valence-corrected chi connectivity index (χ2v) is 3.45. The highest BCUT2D eigenvalue weighted by Gasteiger charge is 2.05. The molecule has 1 aromatic carbocycles. The molecule has 2 amide bonds. The van der Waals surface area contributed by atoms with Crippen LogP contribution in [0.1, 0.15) is 5.56 Å². The number of carbonyl (C=O) groups is 1. The predicted molar refractivity (Wildman–Crippen MR) is 65.2 cm³/mol. The molecule has 0 saturated carbocycles. The van der Waals surface area contributed by atoms with Crippen LogP contribution in [0.5, 0.6) is 5.75 Å². The smallest absolute Gasteiger partial charge is 0.321 e. The van der Waals surface area contributed by atoms with E-state index < -0.39 is 0 Å². The van der Waals surface area contributed by atoms with E-state index in [1.54, 1.807) is 7.11 Å². The average molecular weight is 247 g/mol. The summed E-state index contributed by atoms with van der Waals surface area (Å²) in [6, 6.07) is 7.11. The van der Waals surface area contributed by atoms with Crippen LogP contribution in [0.25, 0.3) is 0 Å². The summed E-state index contributed by atoms with van der Waals surface area (Å²) in [6.45, 7) is 0.365. The van der Waals surface area contributed by atoms with Crippen molar-refractivity contribution in [2.75, 3.05) is 12.4 Å². The number of hydrogen-bond donors (Lipinski definition) is 3. The van der Waals surface area contributed by atoms with Crippen molar-refractivity contribution < 1.29 is 9.53 Å². The molecule has 7 heteroatoms. The molecular formula is C11H13N5O2. The fourth-order valence-corrected chi connectivity index (χ4v) is 1.44. The number of nitrogens with zero attached hydrogens (tertiary/aromatic N) is 2. The zero-order valence-electron chi connectivity index (χ0n) is 9.80. The minimum atomic E-state index is -0.363. The molecule has 0 aliphatic rings. The maximum atomic E-state index is 11.5. The van der Waals surface area contributed by atoms with E-state index in [1.807, 2.05) is 24.3 Å². The van der Waals surface area contributed by atoms with Crippen LogP contribution in [0.4, 0.5) is 10.7 Å². The van der Waals surface area contributed by atoms with Crippen molar-refractivity contribution in [1.29, 1.82) is 0 Å². The van der Waals surface area contributed by atoms with Gasteiger partial charge in [0.2, 0.25) is 5.95 Å². The van der Waals surface area contributed by atoms with Gasteiger partial charge in [0.05, 0.1) is 7.11 Å². The van der Waals surface area contributed by atoms with E-state index in [0.717, 1.165) is 11.3 Å². The monoisotopic (exact) mass is 247 g/mol. The summed E-state index contributed by atoms with van der Waals surface area (Å²) in [5.74, 6) is 1.03. The van der Waals surface area contributed by atoms with Gasteiger partial charge in [-0.15, -0.1) is 0 Å². The Labute approximate surface area is 104 Å². The molecule has 0 spiro atoms. The maximum absolute atomic E-state index is 11.5. The topological polar surface area (TPSA) is 91.9 Å². The summed E-state index contributed by atoms with van der Waals surface area (Å²) in [6.07, 6.45) is 1.32. The zero-order valence-corrected chi connectivity index (χ0v) is 9.80. The minimum Gasteiger partial charge on any atom is -0.496 e. The molecule has 3 N–H and O–H groups in total. The van der Waals surface area contributed by atoms with Gasteiger partial charge < -0.3 is 10.1 Å². The Hall–Kier alpha value is -2.57. The van der Waals surface area contributed by atoms with Crippen LogP contribution >= 0.6 is 0 Å². The van der Waals surface area contributed by atoms with Gasteiger partial charge in [0.15, 0.2) is 0 Å². The molecule has 1 heterocycles. The lowest BCUT2D eigenvalue weighted by Gasteiger charge is -2.09. The number of methoxy groups -OCH3 is 1. The molecule has 0 fully saturated rings. The largest absolute Gasteiger partial charge is 0.496 e. The Bertz CT molecular complexity index is 512. The molecule has 7 nitrogen and oxygen atoms in total. The van der Waals surface area contributed by atoms with Crippen molar-refractivity contribution in [1.82, 2.24) is 20.5 Å². The van der Waals surface area contributed by atoms with Crippen LogP contribution in [-0.2, 0) is 6.54 Å². The number of rotatable bonds is 4. The fraction of sp³-hybridized carbons (Fsp3) is 0.182. The summed E-state index contributed by atoms with van der Waals surface area (Å²) in [7, 11) is 1.59. The minimum absolute atomic E-state index is 0.299. The van der Waals surface area contributed by atoms with Crippen molar-refractivity contribution in [2.45, 2.75) is 6.54 Å². The molecule has 0 atom stereocenters. The average Bonchev–Trinajstić information content (AvgIpc) is 2.89. The van der Waals surface area contributed by atoms with E-state index in [2.05, 4.69) is 25.8 Å². The second kappa shape index (κ2) is 5.67. The van der Waals surface area contributed by atoms with Crippen LogP contribution in [-0.4, -0.2) is 28.3 Å². The number of urea groups is 1. The number of carbonyl (C=O) groups excluding carboxylic acids is 1. The lowest BCUT2D eigenvalue weighted by Crippen LogP contribution is -2.28. The molecule has 2 aromatic rings. The molecule has 0 unspecified atom stereocenters. The summed E-state index contributed by atoms with van der Waals surface area (Å²) in [5, 5.41) is 11.4. The lowest BCUT2D eigenvalue weighted by molar-refractivity contribution is 0.251. The van der Waals surface area contributed by atoms with Crippen molar-refractivity contribution in [3.8, 4) is 5.75 Å². The van der Waals surface area contributed by atoms with Crippen LogP contribution in [0.3, 0.4) is 0 Å². The van der Waals surface area contributed by atoms with E-state index in [4.69, 9.17) is 4.74 Å². The number of ether oxygens (including phenoxy) is 1. The Morgan fingerprint density at radius 2 is 2.28 bits per heavy atom. The van der Waals surface area contributed by atoms with E-state index in [0.29, 0.717) is 12.5 Å². The van der Waals surface area contributed by atoms with Crippen molar-refractivity contribution in [3.05, 3.63) is 36.2 Å². The highest BCUT2D eigenvalue weighted by molar-refractivity contribution is 5.87. The van der Waals surface area contributed by atoms with Gasteiger partial charge in [0, 0.05) is 12.1 Å². The van der Waals surface area contributed by atoms with Crippen LogP contribution in [0.15, 0.2) is 30.6 Å². The predicted octanol–water partition coefficient (Wildman–Crippen LogP) is 1.13. The molecule has 0 aliphatic carbocycles. The van der Waals surface area contributed by atoms with E-state index >= 15 is 0 Å². The van der Waals surface area contributed by atoms with Gasteiger partial charge in [-0.25, -0.2) is 9.89 Å². The summed E-state index contributed by atoms with van der Waals surface area (Å²) >= 11 is 0. The normalized spacial score (nSPS) is 9.83. The van der Waals surface area contributed by atoms with Crippen molar-refractivity contribution in [2.24, 2.45) is 0 Å². The molecule has 0 saturated heterocycles. The number of para-hydroxylation sites is 1. The van der Waals surface area contributed by atoms with E-state index in [1.165, 1.54) is 6.33 Å². The number of nitrogens with one attached hydrogen (secondary N) is 3. The maximum Gasteiger partial charge on any atom is 0.321 e. The highest BCUT2D eigenvalue weighted by atomic mass is 16.5. The lowest BCUT2D eigenvalue weighted by atomic mass is 10.2. The van der Waals surface area contributed by atoms with Crippen molar-refractivity contribution in [3.63, 3.8) is 0 Å². The van der Waals surface area contributed by atoms with Gasteiger partial charge in [0.1, 0.15) is 12.1 Å². The Morgan fingerprint density at radius 3 is 3.00 bits per heavy atom. The Kier molecular flexibility index (Phi) is 3.75. The first-order valence-electron chi connectivity index (χ1n) is 5.31. The first-order valence-corrected chi connectivity index (χ1v) is 5.31.